The van der Waals surface area contributed by atoms with Gasteiger partial charge in [-0.25, -0.2) is 14.2 Å². The van der Waals surface area contributed by atoms with Crippen LogP contribution in [0.3, 0.4) is 0 Å². The SMILES string of the molecule is COC(=O)/C=C/c1ccc(F)cc1C[C@H]1C2CCC(O2)[C@@H]1C1=NC(C(=O)NCCCCC2CCCCC2)CO1. The van der Waals surface area contributed by atoms with E-state index in [0.29, 0.717) is 18.9 Å². The van der Waals surface area contributed by atoms with Gasteiger partial charge in [0.2, 0.25) is 5.91 Å². The number of halogens is 1. The molecule has 5 atom stereocenters. The van der Waals surface area contributed by atoms with Crippen LogP contribution < -0.4 is 5.32 Å². The number of hydrogen-bond donors (Lipinski definition) is 1. The molecule has 5 rings (SSSR count). The van der Waals surface area contributed by atoms with E-state index in [1.54, 1.807) is 12.1 Å². The Balaban J connectivity index is 1.18. The smallest absolute Gasteiger partial charge is 0.330 e. The van der Waals surface area contributed by atoms with Gasteiger partial charge >= 0.3 is 5.97 Å². The van der Waals surface area contributed by atoms with Crippen LogP contribution >= 0.6 is 0 Å². The molecule has 1 amide bonds. The van der Waals surface area contributed by atoms with E-state index in [4.69, 9.17) is 19.2 Å². The first-order valence-electron chi connectivity index (χ1n) is 14.7. The molecule has 1 N–H and O–H groups in total. The highest BCUT2D eigenvalue weighted by Gasteiger charge is 2.53. The van der Waals surface area contributed by atoms with E-state index in [-0.39, 0.29) is 42.4 Å². The predicted octanol–water partition coefficient (Wildman–Crippen LogP) is 5.01. The fourth-order valence-electron chi connectivity index (χ4n) is 6.84. The molecule has 1 aromatic carbocycles. The van der Waals surface area contributed by atoms with Crippen LogP contribution in [0.5, 0.6) is 0 Å². The summed E-state index contributed by atoms with van der Waals surface area (Å²) in [5, 5.41) is 3.06. The molecule has 1 saturated carbocycles. The molecule has 3 heterocycles. The lowest BCUT2D eigenvalue weighted by Gasteiger charge is -2.28. The number of carbonyl (C=O) groups excluding carboxylic acids is 2. The van der Waals surface area contributed by atoms with Gasteiger partial charge in [0.1, 0.15) is 12.4 Å². The number of carbonyl (C=O) groups is 2. The summed E-state index contributed by atoms with van der Waals surface area (Å²) in [6.07, 6.45) is 15.7. The molecule has 2 bridgehead atoms. The summed E-state index contributed by atoms with van der Waals surface area (Å²) in [6.45, 7) is 0.922. The van der Waals surface area contributed by atoms with Crippen molar-refractivity contribution >= 4 is 23.9 Å². The molecule has 8 heteroatoms. The number of ether oxygens (including phenoxy) is 3. The predicted molar refractivity (Wildman–Crippen MR) is 147 cm³/mol. The Bertz CT molecular complexity index is 1080. The van der Waals surface area contributed by atoms with Crippen molar-refractivity contribution < 1.29 is 28.2 Å². The molecule has 1 aromatic rings. The molecule has 2 saturated heterocycles. The number of hydrogen-bond acceptors (Lipinski definition) is 6. The van der Waals surface area contributed by atoms with Gasteiger partial charge in [0.15, 0.2) is 11.9 Å². The summed E-state index contributed by atoms with van der Waals surface area (Å²) in [6, 6.07) is 4.04. The van der Waals surface area contributed by atoms with E-state index in [9.17, 15) is 14.0 Å². The summed E-state index contributed by atoms with van der Waals surface area (Å²) in [4.78, 5) is 29.2. The Morgan fingerprint density at radius 2 is 1.95 bits per heavy atom. The van der Waals surface area contributed by atoms with Gasteiger partial charge in [-0.1, -0.05) is 51.0 Å². The Hall–Kier alpha value is -2.74. The van der Waals surface area contributed by atoms with Crippen LogP contribution in [0.4, 0.5) is 4.39 Å². The standard InChI is InChI=1S/C31H41FN2O5/c1-37-28(35)15-11-21-10-12-23(32)17-22(21)18-24-26-13-14-27(39-26)29(24)31-34-25(19-38-31)30(36)33-16-6-5-9-20-7-3-2-4-8-20/h10-12,15,17,20,24-27,29H,2-9,13-14,16,18-19H2,1H3,(H,33,36)/b15-11+/t24-,25?,26?,27?,29+/m0/s1. The minimum Gasteiger partial charge on any atom is -0.478 e. The normalized spacial score (nSPS) is 28.5. The second-order valence-electron chi connectivity index (χ2n) is 11.5. The minimum atomic E-state index is -0.536. The molecule has 7 nitrogen and oxygen atoms in total. The third-order valence-electron chi connectivity index (χ3n) is 8.91. The average molecular weight is 541 g/mol. The Morgan fingerprint density at radius 1 is 1.13 bits per heavy atom. The summed E-state index contributed by atoms with van der Waals surface area (Å²) in [7, 11) is 1.32. The Labute approximate surface area is 230 Å². The third-order valence-corrected chi connectivity index (χ3v) is 8.91. The van der Waals surface area contributed by atoms with Gasteiger partial charge in [-0.05, 0) is 60.9 Å². The Kier molecular flexibility index (Phi) is 9.32. The highest BCUT2D eigenvalue weighted by Crippen LogP contribution is 2.46. The van der Waals surface area contributed by atoms with E-state index in [1.807, 2.05) is 0 Å². The van der Waals surface area contributed by atoms with Crippen LogP contribution in [-0.4, -0.2) is 56.3 Å². The highest BCUT2D eigenvalue weighted by atomic mass is 19.1. The number of nitrogens with zero attached hydrogens (tertiary/aromatic N) is 1. The molecule has 3 fully saturated rings. The number of benzene rings is 1. The van der Waals surface area contributed by atoms with Gasteiger partial charge < -0.3 is 19.5 Å². The molecule has 4 aliphatic rings. The van der Waals surface area contributed by atoms with Crippen molar-refractivity contribution in [3.8, 4) is 0 Å². The number of nitrogens with one attached hydrogen (secondary N) is 1. The molecule has 212 valence electrons. The summed E-state index contributed by atoms with van der Waals surface area (Å²) >= 11 is 0. The molecule has 3 aliphatic heterocycles. The van der Waals surface area contributed by atoms with Crippen LogP contribution in [-0.2, 0) is 30.2 Å². The first kappa shape index (κ1) is 27.8. The molecule has 0 radical (unpaired) electrons. The fraction of sp³-hybridized carbons (Fsp3) is 0.645. The number of esters is 1. The van der Waals surface area contributed by atoms with E-state index >= 15 is 0 Å². The van der Waals surface area contributed by atoms with Gasteiger partial charge in [-0.3, -0.25) is 4.79 Å². The van der Waals surface area contributed by atoms with Gasteiger partial charge in [-0.2, -0.15) is 0 Å². The van der Waals surface area contributed by atoms with Crippen molar-refractivity contribution in [2.24, 2.45) is 22.7 Å². The van der Waals surface area contributed by atoms with E-state index in [2.05, 4.69) is 5.32 Å². The summed E-state index contributed by atoms with van der Waals surface area (Å²) < 4.78 is 31.2. The van der Waals surface area contributed by atoms with Gasteiger partial charge in [0.25, 0.3) is 0 Å². The van der Waals surface area contributed by atoms with Crippen LogP contribution in [0, 0.1) is 23.6 Å². The van der Waals surface area contributed by atoms with Gasteiger partial charge in [0.05, 0.1) is 25.2 Å². The van der Waals surface area contributed by atoms with E-state index in [1.165, 1.54) is 63.8 Å². The molecule has 0 aromatic heterocycles. The number of aliphatic imine (C=N–C) groups is 1. The second-order valence-corrected chi connectivity index (χ2v) is 11.5. The van der Waals surface area contributed by atoms with Crippen LogP contribution in [0.2, 0.25) is 0 Å². The zero-order chi connectivity index (χ0) is 27.2. The monoisotopic (exact) mass is 540 g/mol. The molecule has 0 spiro atoms. The lowest BCUT2D eigenvalue weighted by Crippen LogP contribution is -2.35. The van der Waals surface area contributed by atoms with Crippen LogP contribution in [0.1, 0.15) is 75.3 Å². The van der Waals surface area contributed by atoms with Crippen LogP contribution in [0.15, 0.2) is 29.3 Å². The van der Waals surface area contributed by atoms with Crippen molar-refractivity contribution in [3.05, 3.63) is 41.2 Å². The Morgan fingerprint density at radius 3 is 2.77 bits per heavy atom. The fourth-order valence-corrected chi connectivity index (χ4v) is 6.84. The van der Waals surface area contributed by atoms with Crippen molar-refractivity contribution in [1.82, 2.24) is 5.32 Å². The number of unbranched alkanes of at least 4 members (excludes halogenated alkanes) is 1. The molecule has 3 unspecified atom stereocenters. The van der Waals surface area contributed by atoms with Gasteiger partial charge in [0, 0.05) is 18.5 Å². The van der Waals surface area contributed by atoms with Crippen molar-refractivity contribution in [3.63, 3.8) is 0 Å². The minimum absolute atomic E-state index is 0.0111. The zero-order valence-electron chi connectivity index (χ0n) is 22.9. The van der Waals surface area contributed by atoms with Crippen molar-refractivity contribution in [1.29, 1.82) is 0 Å². The largest absolute Gasteiger partial charge is 0.478 e. The number of amides is 1. The summed E-state index contributed by atoms with van der Waals surface area (Å²) in [5.74, 6) is 0.568. The number of fused-ring (bicyclic) bond motifs is 2. The third kappa shape index (κ3) is 6.89. The zero-order valence-corrected chi connectivity index (χ0v) is 22.9. The quantitative estimate of drug-likeness (QED) is 0.242. The van der Waals surface area contributed by atoms with Crippen LogP contribution in [0.25, 0.3) is 6.08 Å². The molecule has 1 aliphatic carbocycles. The number of rotatable bonds is 11. The van der Waals surface area contributed by atoms with E-state index in [0.717, 1.165) is 42.7 Å². The summed E-state index contributed by atoms with van der Waals surface area (Å²) in [5.41, 5.74) is 1.56. The first-order chi connectivity index (χ1) is 19.0. The first-order valence-corrected chi connectivity index (χ1v) is 14.7. The van der Waals surface area contributed by atoms with Crippen molar-refractivity contribution in [2.75, 3.05) is 20.3 Å². The van der Waals surface area contributed by atoms with E-state index < -0.39 is 12.0 Å². The second kappa shape index (κ2) is 13.1. The lowest BCUT2D eigenvalue weighted by molar-refractivity contribution is -0.134. The van der Waals surface area contributed by atoms with Crippen molar-refractivity contribution in [2.45, 2.75) is 88.9 Å². The average Bonchev–Trinajstić information content (AvgIpc) is 3.70. The number of methoxy groups -OCH3 is 1. The molecular weight excluding hydrogens is 499 g/mol. The van der Waals surface area contributed by atoms with Gasteiger partial charge in [-0.15, -0.1) is 0 Å². The topological polar surface area (TPSA) is 86.2 Å². The highest BCUT2D eigenvalue weighted by molar-refractivity contribution is 5.90. The lowest BCUT2D eigenvalue weighted by atomic mass is 9.75. The molecule has 39 heavy (non-hydrogen) atoms. The maximum atomic E-state index is 14.2. The molecular formula is C31H41FN2O5. The maximum absolute atomic E-state index is 14.2. The maximum Gasteiger partial charge on any atom is 0.330 e.